The first-order valence-electron chi connectivity index (χ1n) is 10.8. The molecule has 11 heteroatoms. The number of anilines is 3. The van der Waals surface area contributed by atoms with Crippen LogP contribution in [-0.2, 0) is 10.0 Å². The highest BCUT2D eigenvalue weighted by Crippen LogP contribution is 2.24. The van der Waals surface area contributed by atoms with E-state index < -0.39 is 10.0 Å². The summed E-state index contributed by atoms with van der Waals surface area (Å²) in [5.41, 5.74) is 2.31. The maximum atomic E-state index is 13.1. The Balaban J connectivity index is 1.21. The van der Waals surface area contributed by atoms with E-state index in [4.69, 9.17) is 4.42 Å². The summed E-state index contributed by atoms with van der Waals surface area (Å²) in [4.78, 5) is 10.6. The zero-order chi connectivity index (χ0) is 23.5. The number of aryl methyl sites for hydroxylation is 1. The second-order valence-electron chi connectivity index (χ2n) is 7.81. The second kappa shape index (κ2) is 9.20. The van der Waals surface area contributed by atoms with Gasteiger partial charge in [0.05, 0.1) is 16.8 Å². The van der Waals surface area contributed by atoms with Gasteiger partial charge in [0.1, 0.15) is 12.0 Å². The predicted molar refractivity (Wildman–Crippen MR) is 127 cm³/mol. The molecule has 0 aliphatic carbocycles. The molecular formula is C23H23N7O3S. The van der Waals surface area contributed by atoms with Crippen molar-refractivity contribution in [3.63, 3.8) is 0 Å². The molecule has 10 nitrogen and oxygen atoms in total. The van der Waals surface area contributed by atoms with Crippen LogP contribution in [0.5, 0.6) is 0 Å². The molecule has 1 saturated heterocycles. The number of hydrogen-bond donors (Lipinski definition) is 1. The van der Waals surface area contributed by atoms with Gasteiger partial charge in [0.15, 0.2) is 17.5 Å². The first kappa shape index (κ1) is 22.0. The van der Waals surface area contributed by atoms with Gasteiger partial charge < -0.3 is 14.6 Å². The Morgan fingerprint density at radius 1 is 0.971 bits per heavy atom. The first-order chi connectivity index (χ1) is 16.5. The van der Waals surface area contributed by atoms with Crippen LogP contribution in [0, 0.1) is 6.92 Å². The average Bonchev–Trinajstić information content (AvgIpc) is 3.32. The van der Waals surface area contributed by atoms with Gasteiger partial charge in [-0.3, -0.25) is 4.98 Å². The van der Waals surface area contributed by atoms with E-state index in [0.717, 1.165) is 11.3 Å². The monoisotopic (exact) mass is 477 g/mol. The molecule has 4 aromatic rings. The van der Waals surface area contributed by atoms with Gasteiger partial charge in [-0.1, -0.05) is 12.1 Å². The molecule has 0 radical (unpaired) electrons. The molecule has 1 fully saturated rings. The third kappa shape index (κ3) is 4.61. The van der Waals surface area contributed by atoms with Crippen LogP contribution >= 0.6 is 0 Å². The molecule has 1 N–H and O–H groups in total. The first-order valence-corrected chi connectivity index (χ1v) is 12.2. The Hall–Kier alpha value is -3.83. The van der Waals surface area contributed by atoms with E-state index in [1.807, 2.05) is 29.2 Å². The van der Waals surface area contributed by atoms with E-state index in [0.29, 0.717) is 49.4 Å². The van der Waals surface area contributed by atoms with Gasteiger partial charge in [0.25, 0.3) is 0 Å². The molecule has 0 bridgehead atoms. The highest BCUT2D eigenvalue weighted by molar-refractivity contribution is 7.89. The Labute approximate surface area is 197 Å². The van der Waals surface area contributed by atoms with Crippen LogP contribution in [0.4, 0.5) is 17.3 Å². The molecule has 1 aliphatic rings. The SMILES string of the molecule is Cc1nc(-c2ccc(S(=O)(=O)N3CCN(c4ccc(Nc5cccnc5)nn4)CC3)cc2)co1. The van der Waals surface area contributed by atoms with Crippen molar-refractivity contribution >= 4 is 27.3 Å². The second-order valence-corrected chi connectivity index (χ2v) is 9.75. The number of piperazine rings is 1. The van der Waals surface area contributed by atoms with Gasteiger partial charge in [-0.25, -0.2) is 13.4 Å². The van der Waals surface area contributed by atoms with E-state index in [1.54, 1.807) is 49.8 Å². The molecule has 0 atom stereocenters. The van der Waals surface area contributed by atoms with Gasteiger partial charge in [0.2, 0.25) is 10.0 Å². The largest absolute Gasteiger partial charge is 0.449 e. The smallest absolute Gasteiger partial charge is 0.243 e. The molecule has 1 aromatic carbocycles. The summed E-state index contributed by atoms with van der Waals surface area (Å²) in [7, 11) is -3.59. The van der Waals surface area contributed by atoms with Gasteiger partial charge >= 0.3 is 0 Å². The summed E-state index contributed by atoms with van der Waals surface area (Å²) in [6, 6.07) is 14.2. The number of oxazole rings is 1. The van der Waals surface area contributed by atoms with Crippen LogP contribution in [0.3, 0.4) is 0 Å². The van der Waals surface area contributed by atoms with E-state index in [1.165, 1.54) is 4.31 Å². The summed E-state index contributed by atoms with van der Waals surface area (Å²) in [5, 5.41) is 11.7. The van der Waals surface area contributed by atoms with Crippen molar-refractivity contribution in [1.82, 2.24) is 24.5 Å². The highest BCUT2D eigenvalue weighted by Gasteiger charge is 2.29. The molecule has 0 spiro atoms. The Morgan fingerprint density at radius 2 is 1.76 bits per heavy atom. The molecule has 34 heavy (non-hydrogen) atoms. The molecule has 5 rings (SSSR count). The van der Waals surface area contributed by atoms with Crippen molar-refractivity contribution in [1.29, 1.82) is 0 Å². The number of aromatic nitrogens is 4. The highest BCUT2D eigenvalue weighted by atomic mass is 32.2. The van der Waals surface area contributed by atoms with Crippen LogP contribution in [-0.4, -0.2) is 59.1 Å². The fraction of sp³-hybridized carbons (Fsp3) is 0.217. The van der Waals surface area contributed by atoms with Crippen molar-refractivity contribution in [2.24, 2.45) is 0 Å². The molecular weight excluding hydrogens is 454 g/mol. The van der Waals surface area contributed by atoms with E-state index >= 15 is 0 Å². The minimum atomic E-state index is -3.59. The maximum Gasteiger partial charge on any atom is 0.243 e. The lowest BCUT2D eigenvalue weighted by Crippen LogP contribution is -2.48. The standard InChI is InChI=1S/C23H23N7O3S/c1-17-25-21(16-33-17)18-4-6-20(7-5-18)34(31,32)30-13-11-29(12-14-30)23-9-8-22(27-28-23)26-19-3-2-10-24-15-19/h2-10,15-16H,11-14H2,1H3,(H,26,27). The molecule has 0 unspecified atom stereocenters. The molecule has 3 aromatic heterocycles. The Kier molecular flexibility index (Phi) is 5.95. The van der Waals surface area contributed by atoms with E-state index in [2.05, 4.69) is 25.5 Å². The number of rotatable bonds is 6. The van der Waals surface area contributed by atoms with Gasteiger partial charge in [-0.15, -0.1) is 10.2 Å². The average molecular weight is 478 g/mol. The number of hydrogen-bond acceptors (Lipinski definition) is 9. The number of nitrogens with zero attached hydrogens (tertiary/aromatic N) is 6. The maximum absolute atomic E-state index is 13.1. The third-order valence-corrected chi connectivity index (χ3v) is 7.47. The van der Waals surface area contributed by atoms with Gasteiger partial charge in [-0.05, 0) is 36.4 Å². The van der Waals surface area contributed by atoms with Crippen LogP contribution in [0.1, 0.15) is 5.89 Å². The number of pyridine rings is 1. The van der Waals surface area contributed by atoms with E-state index in [9.17, 15) is 8.42 Å². The van der Waals surface area contributed by atoms with Crippen molar-refractivity contribution in [3.05, 3.63) is 73.1 Å². The lowest BCUT2D eigenvalue weighted by molar-refractivity contribution is 0.383. The lowest BCUT2D eigenvalue weighted by atomic mass is 10.2. The fourth-order valence-corrected chi connectivity index (χ4v) is 5.17. The number of benzene rings is 1. The van der Waals surface area contributed by atoms with Crippen molar-refractivity contribution in [2.45, 2.75) is 11.8 Å². The third-order valence-electron chi connectivity index (χ3n) is 5.55. The summed E-state index contributed by atoms with van der Waals surface area (Å²) in [6.45, 7) is 3.55. The molecule has 0 amide bonds. The van der Waals surface area contributed by atoms with Gasteiger partial charge in [-0.2, -0.15) is 4.31 Å². The minimum absolute atomic E-state index is 0.260. The van der Waals surface area contributed by atoms with Crippen molar-refractivity contribution < 1.29 is 12.8 Å². The van der Waals surface area contributed by atoms with Crippen LogP contribution in [0.2, 0.25) is 0 Å². The summed E-state index contributed by atoms with van der Waals surface area (Å²) in [6.07, 6.45) is 4.97. The molecule has 174 valence electrons. The van der Waals surface area contributed by atoms with Crippen LogP contribution in [0.25, 0.3) is 11.3 Å². The minimum Gasteiger partial charge on any atom is -0.449 e. The summed E-state index contributed by atoms with van der Waals surface area (Å²) < 4.78 is 33.0. The normalized spacial score (nSPS) is 14.8. The predicted octanol–water partition coefficient (Wildman–Crippen LogP) is 3.09. The van der Waals surface area contributed by atoms with Crippen LogP contribution < -0.4 is 10.2 Å². The fourth-order valence-electron chi connectivity index (χ4n) is 3.75. The van der Waals surface area contributed by atoms with E-state index in [-0.39, 0.29) is 4.90 Å². The number of nitrogens with one attached hydrogen (secondary N) is 1. The van der Waals surface area contributed by atoms with Crippen molar-refractivity contribution in [2.75, 3.05) is 36.4 Å². The molecule has 4 heterocycles. The van der Waals surface area contributed by atoms with Crippen LogP contribution in [0.15, 0.2) is 76.5 Å². The van der Waals surface area contributed by atoms with Crippen molar-refractivity contribution in [3.8, 4) is 11.3 Å². The summed E-state index contributed by atoms with van der Waals surface area (Å²) >= 11 is 0. The quantitative estimate of drug-likeness (QED) is 0.447. The Morgan fingerprint density at radius 3 is 2.38 bits per heavy atom. The van der Waals surface area contributed by atoms with Gasteiger partial charge in [0, 0.05) is 44.9 Å². The molecule has 0 saturated carbocycles. The summed E-state index contributed by atoms with van der Waals surface area (Å²) in [5.74, 6) is 1.89. The molecule has 1 aliphatic heterocycles. The zero-order valence-corrected chi connectivity index (χ0v) is 19.3. The topological polar surface area (TPSA) is 117 Å². The Bertz CT molecular complexity index is 1350. The lowest BCUT2D eigenvalue weighted by Gasteiger charge is -2.34. The number of sulfonamides is 1. The zero-order valence-electron chi connectivity index (χ0n) is 18.5.